The Labute approximate surface area is 134 Å². The Balaban J connectivity index is 1.84. The summed E-state index contributed by atoms with van der Waals surface area (Å²) in [4.78, 5) is 25.1. The van der Waals surface area contributed by atoms with Crippen molar-refractivity contribution in [3.8, 4) is 0 Å². The molecular weight excluding hydrogens is 300 g/mol. The summed E-state index contributed by atoms with van der Waals surface area (Å²) in [5, 5.41) is 5.54. The van der Waals surface area contributed by atoms with Crippen LogP contribution in [0.15, 0.2) is 40.1 Å². The van der Waals surface area contributed by atoms with Crippen molar-refractivity contribution in [2.75, 3.05) is 18.5 Å². The van der Waals surface area contributed by atoms with Crippen LogP contribution in [-0.4, -0.2) is 31.1 Å². The van der Waals surface area contributed by atoms with Crippen molar-refractivity contribution >= 4 is 29.3 Å². The second-order valence-electron chi connectivity index (χ2n) is 5.13. The van der Waals surface area contributed by atoms with E-state index in [2.05, 4.69) is 10.6 Å². The van der Waals surface area contributed by atoms with Crippen molar-refractivity contribution in [2.45, 2.75) is 31.3 Å². The second-order valence-corrected chi connectivity index (χ2v) is 6.21. The van der Waals surface area contributed by atoms with E-state index in [0.717, 1.165) is 17.0 Å². The lowest BCUT2D eigenvalue weighted by Crippen LogP contribution is -2.25. The van der Waals surface area contributed by atoms with Gasteiger partial charge in [0.2, 0.25) is 5.91 Å². The van der Waals surface area contributed by atoms with Crippen molar-refractivity contribution in [2.24, 2.45) is 0 Å². The van der Waals surface area contributed by atoms with E-state index in [4.69, 9.17) is 4.74 Å². The number of amides is 2. The Bertz CT molecular complexity index is 585. The lowest BCUT2D eigenvalue weighted by molar-refractivity contribution is -0.117. The van der Waals surface area contributed by atoms with Crippen LogP contribution < -0.4 is 10.6 Å². The van der Waals surface area contributed by atoms with Crippen LogP contribution in [0, 0.1) is 0 Å². The number of nitrogens with one attached hydrogen (secondary N) is 2. The van der Waals surface area contributed by atoms with E-state index >= 15 is 0 Å². The van der Waals surface area contributed by atoms with Crippen molar-refractivity contribution in [3.05, 3.63) is 35.2 Å². The fourth-order valence-corrected chi connectivity index (χ4v) is 2.80. The molecule has 0 saturated heterocycles. The number of carbonyl (C=O) groups is 2. The van der Waals surface area contributed by atoms with Gasteiger partial charge in [-0.15, -0.1) is 0 Å². The Morgan fingerprint density at radius 2 is 2.18 bits per heavy atom. The van der Waals surface area contributed by atoms with Gasteiger partial charge in [0.1, 0.15) is 0 Å². The Kier molecular flexibility index (Phi) is 6.03. The molecule has 1 aromatic carbocycles. The van der Waals surface area contributed by atoms with Gasteiger partial charge >= 0.3 is 0 Å². The molecule has 2 amide bonds. The summed E-state index contributed by atoms with van der Waals surface area (Å²) in [6.45, 7) is 5.08. The summed E-state index contributed by atoms with van der Waals surface area (Å²) >= 11 is 1.30. The highest BCUT2D eigenvalue weighted by Crippen LogP contribution is 2.37. The van der Waals surface area contributed by atoms with Gasteiger partial charge in [-0.2, -0.15) is 0 Å². The van der Waals surface area contributed by atoms with Crippen LogP contribution in [0.3, 0.4) is 0 Å². The third kappa shape index (κ3) is 4.89. The molecule has 6 heteroatoms. The van der Waals surface area contributed by atoms with Crippen LogP contribution in [0.5, 0.6) is 0 Å². The minimum absolute atomic E-state index is 0.195. The van der Waals surface area contributed by atoms with Gasteiger partial charge in [-0.3, -0.25) is 9.59 Å². The van der Waals surface area contributed by atoms with Crippen LogP contribution in [0.1, 0.15) is 20.3 Å². The number of para-hydroxylation sites is 1. The van der Waals surface area contributed by atoms with Gasteiger partial charge in [0, 0.05) is 24.1 Å². The SMILES string of the molecule is CC(C)OCCCNC(=O)C=C1Sc2ccccc2NC1=O. The standard InChI is InChI=1S/C16H20N2O3S/c1-11(2)21-9-5-8-17-15(19)10-14-16(20)18-12-6-3-4-7-13(12)22-14/h3-4,6-7,10-11H,5,8-9H2,1-2H3,(H,17,19)(H,18,20). The van der Waals surface area contributed by atoms with Gasteiger partial charge in [0.25, 0.3) is 5.91 Å². The fourth-order valence-electron chi connectivity index (χ4n) is 1.88. The first-order valence-electron chi connectivity index (χ1n) is 7.25. The summed E-state index contributed by atoms with van der Waals surface area (Å²) in [5.74, 6) is -0.511. The van der Waals surface area contributed by atoms with Crippen molar-refractivity contribution < 1.29 is 14.3 Å². The average Bonchev–Trinajstić information content (AvgIpc) is 2.47. The van der Waals surface area contributed by atoms with Crippen LogP contribution in [0.25, 0.3) is 0 Å². The molecule has 1 heterocycles. The molecule has 1 aliphatic heterocycles. The highest BCUT2D eigenvalue weighted by Gasteiger charge is 2.21. The summed E-state index contributed by atoms with van der Waals surface area (Å²) < 4.78 is 5.39. The molecule has 0 spiro atoms. The largest absolute Gasteiger partial charge is 0.379 e. The molecule has 22 heavy (non-hydrogen) atoms. The number of hydrogen-bond acceptors (Lipinski definition) is 4. The summed E-state index contributed by atoms with van der Waals surface area (Å²) in [7, 11) is 0. The van der Waals surface area contributed by atoms with E-state index in [0.29, 0.717) is 18.1 Å². The minimum Gasteiger partial charge on any atom is -0.379 e. The molecule has 0 atom stereocenters. The Hall–Kier alpha value is -1.79. The maximum absolute atomic E-state index is 11.9. The van der Waals surface area contributed by atoms with E-state index in [9.17, 15) is 9.59 Å². The summed E-state index contributed by atoms with van der Waals surface area (Å²) in [5.41, 5.74) is 0.779. The van der Waals surface area contributed by atoms with Crippen LogP contribution in [0.4, 0.5) is 5.69 Å². The van der Waals surface area contributed by atoms with E-state index in [1.54, 1.807) is 0 Å². The second kappa shape index (κ2) is 8.00. The van der Waals surface area contributed by atoms with E-state index in [1.807, 2.05) is 38.1 Å². The summed E-state index contributed by atoms with van der Waals surface area (Å²) in [6, 6.07) is 7.51. The highest BCUT2D eigenvalue weighted by atomic mass is 32.2. The zero-order valence-electron chi connectivity index (χ0n) is 12.7. The minimum atomic E-state index is -0.262. The topological polar surface area (TPSA) is 67.4 Å². The number of rotatable bonds is 6. The average molecular weight is 320 g/mol. The van der Waals surface area contributed by atoms with Crippen molar-refractivity contribution in [3.63, 3.8) is 0 Å². The fraction of sp³-hybridized carbons (Fsp3) is 0.375. The molecular formula is C16H20N2O3S. The first-order chi connectivity index (χ1) is 10.6. The maximum atomic E-state index is 11.9. The van der Waals surface area contributed by atoms with E-state index in [1.165, 1.54) is 17.8 Å². The van der Waals surface area contributed by atoms with Gasteiger partial charge in [-0.05, 0) is 32.4 Å². The zero-order chi connectivity index (χ0) is 15.9. The Morgan fingerprint density at radius 3 is 2.95 bits per heavy atom. The maximum Gasteiger partial charge on any atom is 0.262 e. The molecule has 118 valence electrons. The van der Waals surface area contributed by atoms with E-state index < -0.39 is 0 Å². The molecule has 2 rings (SSSR count). The number of anilines is 1. The lowest BCUT2D eigenvalue weighted by atomic mass is 10.3. The normalized spacial score (nSPS) is 15.6. The monoisotopic (exact) mass is 320 g/mol. The molecule has 0 bridgehead atoms. The van der Waals surface area contributed by atoms with Crippen LogP contribution in [-0.2, 0) is 14.3 Å². The molecule has 1 aromatic rings. The number of ether oxygens (including phenoxy) is 1. The molecule has 0 unspecified atom stereocenters. The van der Waals surface area contributed by atoms with E-state index in [-0.39, 0.29) is 17.9 Å². The van der Waals surface area contributed by atoms with Crippen molar-refractivity contribution in [1.29, 1.82) is 0 Å². The van der Waals surface area contributed by atoms with Gasteiger partial charge in [-0.1, -0.05) is 23.9 Å². The molecule has 5 nitrogen and oxygen atoms in total. The van der Waals surface area contributed by atoms with Gasteiger partial charge in [0.15, 0.2) is 0 Å². The van der Waals surface area contributed by atoms with Crippen molar-refractivity contribution in [1.82, 2.24) is 5.32 Å². The van der Waals surface area contributed by atoms with Crippen LogP contribution in [0.2, 0.25) is 0 Å². The highest BCUT2D eigenvalue weighted by molar-refractivity contribution is 8.04. The number of benzene rings is 1. The smallest absolute Gasteiger partial charge is 0.262 e. The van der Waals surface area contributed by atoms with Crippen LogP contribution >= 0.6 is 11.8 Å². The molecule has 0 aliphatic carbocycles. The third-order valence-electron chi connectivity index (χ3n) is 2.91. The Morgan fingerprint density at radius 1 is 1.41 bits per heavy atom. The number of thioether (sulfide) groups is 1. The number of hydrogen-bond donors (Lipinski definition) is 2. The number of fused-ring (bicyclic) bond motifs is 1. The third-order valence-corrected chi connectivity index (χ3v) is 4.01. The summed E-state index contributed by atoms with van der Waals surface area (Å²) in [6.07, 6.45) is 2.29. The zero-order valence-corrected chi connectivity index (χ0v) is 13.5. The molecule has 0 radical (unpaired) electrons. The lowest BCUT2D eigenvalue weighted by Gasteiger charge is -2.18. The quantitative estimate of drug-likeness (QED) is 0.624. The molecule has 0 fully saturated rings. The molecule has 2 N–H and O–H groups in total. The first kappa shape index (κ1) is 16.6. The molecule has 1 aliphatic rings. The molecule has 0 saturated carbocycles. The van der Waals surface area contributed by atoms with Gasteiger partial charge in [0.05, 0.1) is 16.7 Å². The van der Waals surface area contributed by atoms with Gasteiger partial charge < -0.3 is 15.4 Å². The predicted molar refractivity (Wildman–Crippen MR) is 87.7 cm³/mol. The predicted octanol–water partition coefficient (Wildman–Crippen LogP) is 2.55. The molecule has 0 aromatic heterocycles. The first-order valence-corrected chi connectivity index (χ1v) is 8.07. The van der Waals surface area contributed by atoms with Gasteiger partial charge in [-0.25, -0.2) is 0 Å². The number of carbonyl (C=O) groups excluding carboxylic acids is 2.